The highest BCUT2D eigenvalue weighted by Gasteiger charge is 2.06. The van der Waals surface area contributed by atoms with Crippen molar-refractivity contribution in [2.75, 3.05) is 13.1 Å². The molecule has 1 amide bonds. The summed E-state index contributed by atoms with van der Waals surface area (Å²) in [5.74, 6) is -0.193. The normalized spacial score (nSPS) is 10.4. The van der Waals surface area contributed by atoms with Crippen LogP contribution in [0.15, 0.2) is 47.1 Å². The molecule has 0 aliphatic rings. The van der Waals surface area contributed by atoms with Gasteiger partial charge in [-0.05, 0) is 18.2 Å². The number of hydrogen-bond acceptors (Lipinski definition) is 3. The predicted molar refractivity (Wildman–Crippen MR) is 69.1 cm³/mol. The van der Waals surface area contributed by atoms with Gasteiger partial charge >= 0.3 is 0 Å². The van der Waals surface area contributed by atoms with Crippen molar-refractivity contribution in [2.45, 2.75) is 6.54 Å². The number of furan rings is 1. The zero-order chi connectivity index (χ0) is 13.5. The maximum atomic E-state index is 13.3. The van der Waals surface area contributed by atoms with Gasteiger partial charge in [0.05, 0.1) is 6.26 Å². The minimum Gasteiger partial charge on any atom is -0.459 e. The molecule has 4 nitrogen and oxygen atoms in total. The quantitative estimate of drug-likeness (QED) is 0.782. The summed E-state index contributed by atoms with van der Waals surface area (Å²) in [6.07, 6.45) is 1.45. The average molecular weight is 262 g/mol. The second-order valence-electron chi connectivity index (χ2n) is 4.00. The Balaban J connectivity index is 1.65. The Bertz CT molecular complexity index is 526. The molecule has 1 aromatic carbocycles. The molecule has 2 aromatic rings. The van der Waals surface area contributed by atoms with Gasteiger partial charge < -0.3 is 15.1 Å². The van der Waals surface area contributed by atoms with Crippen LogP contribution in [0.4, 0.5) is 4.39 Å². The van der Waals surface area contributed by atoms with Crippen LogP contribution in [-0.2, 0) is 6.54 Å². The highest BCUT2D eigenvalue weighted by molar-refractivity contribution is 5.91. The second kappa shape index (κ2) is 6.70. The van der Waals surface area contributed by atoms with E-state index in [1.807, 2.05) is 0 Å². The standard InChI is InChI=1S/C14H15FN2O2/c15-12-5-2-1-4-11(12)10-16-7-8-17-14(18)13-6-3-9-19-13/h1-6,9,16H,7-8,10H2,(H,17,18). The van der Waals surface area contributed by atoms with Gasteiger partial charge in [-0.3, -0.25) is 4.79 Å². The van der Waals surface area contributed by atoms with E-state index < -0.39 is 0 Å². The van der Waals surface area contributed by atoms with Gasteiger partial charge in [0.25, 0.3) is 5.91 Å². The molecule has 1 heterocycles. The summed E-state index contributed by atoms with van der Waals surface area (Å²) in [4.78, 5) is 11.5. The molecule has 0 bridgehead atoms. The van der Waals surface area contributed by atoms with Crippen LogP contribution in [0.1, 0.15) is 16.1 Å². The van der Waals surface area contributed by atoms with Crippen molar-refractivity contribution in [3.8, 4) is 0 Å². The summed E-state index contributed by atoms with van der Waals surface area (Å²) in [5.41, 5.74) is 0.611. The molecule has 0 saturated heterocycles. The van der Waals surface area contributed by atoms with Crippen LogP contribution in [0.3, 0.4) is 0 Å². The molecule has 19 heavy (non-hydrogen) atoms. The Morgan fingerprint density at radius 3 is 2.74 bits per heavy atom. The monoisotopic (exact) mass is 262 g/mol. The lowest BCUT2D eigenvalue weighted by molar-refractivity contribution is 0.0926. The number of carbonyl (C=O) groups is 1. The maximum Gasteiger partial charge on any atom is 0.287 e. The lowest BCUT2D eigenvalue weighted by Gasteiger charge is -2.06. The first-order chi connectivity index (χ1) is 9.27. The summed E-state index contributed by atoms with van der Waals surface area (Å²) >= 11 is 0. The number of amides is 1. The lowest BCUT2D eigenvalue weighted by atomic mass is 10.2. The second-order valence-corrected chi connectivity index (χ2v) is 4.00. The van der Waals surface area contributed by atoms with Gasteiger partial charge in [0, 0.05) is 25.2 Å². The van der Waals surface area contributed by atoms with Gasteiger partial charge in [-0.15, -0.1) is 0 Å². The van der Waals surface area contributed by atoms with Gasteiger partial charge in [-0.1, -0.05) is 18.2 Å². The molecular weight excluding hydrogens is 247 g/mol. The van der Waals surface area contributed by atoms with Gasteiger partial charge in [-0.25, -0.2) is 4.39 Å². The van der Waals surface area contributed by atoms with Gasteiger partial charge in [-0.2, -0.15) is 0 Å². The van der Waals surface area contributed by atoms with Crippen LogP contribution in [0.25, 0.3) is 0 Å². The molecule has 0 fully saturated rings. The Kier molecular flexibility index (Phi) is 4.69. The van der Waals surface area contributed by atoms with Crippen LogP contribution in [-0.4, -0.2) is 19.0 Å². The highest BCUT2D eigenvalue weighted by atomic mass is 19.1. The van der Waals surface area contributed by atoms with E-state index in [1.54, 1.807) is 30.3 Å². The zero-order valence-corrected chi connectivity index (χ0v) is 10.4. The first-order valence-corrected chi connectivity index (χ1v) is 6.03. The zero-order valence-electron chi connectivity index (χ0n) is 10.4. The third kappa shape index (κ3) is 3.93. The molecule has 0 aliphatic carbocycles. The molecular formula is C14H15FN2O2. The van der Waals surface area contributed by atoms with Gasteiger partial charge in [0.1, 0.15) is 5.82 Å². The molecule has 0 radical (unpaired) electrons. The topological polar surface area (TPSA) is 54.3 Å². The van der Waals surface area contributed by atoms with E-state index in [0.29, 0.717) is 25.2 Å². The molecule has 2 N–H and O–H groups in total. The Labute approximate surface area is 110 Å². The molecule has 100 valence electrons. The third-order valence-electron chi connectivity index (χ3n) is 2.61. The summed E-state index contributed by atoms with van der Waals surface area (Å²) in [7, 11) is 0. The first-order valence-electron chi connectivity index (χ1n) is 6.03. The SMILES string of the molecule is O=C(NCCNCc1ccccc1F)c1ccco1. The molecule has 0 atom stereocenters. The fourth-order valence-electron chi connectivity index (χ4n) is 1.62. The molecule has 0 spiro atoms. The molecule has 0 aliphatic heterocycles. The number of hydrogen-bond donors (Lipinski definition) is 2. The van der Waals surface area contributed by atoms with Crippen molar-refractivity contribution in [3.63, 3.8) is 0 Å². The molecule has 1 aromatic heterocycles. The van der Waals surface area contributed by atoms with E-state index >= 15 is 0 Å². The third-order valence-corrected chi connectivity index (χ3v) is 2.61. The molecule has 0 unspecified atom stereocenters. The van der Waals surface area contributed by atoms with Gasteiger partial charge in [0.15, 0.2) is 5.76 Å². The van der Waals surface area contributed by atoms with Crippen LogP contribution in [0.5, 0.6) is 0 Å². The average Bonchev–Trinajstić information content (AvgIpc) is 2.94. The number of halogens is 1. The Morgan fingerprint density at radius 2 is 2.00 bits per heavy atom. The number of rotatable bonds is 6. The fourth-order valence-corrected chi connectivity index (χ4v) is 1.62. The highest BCUT2D eigenvalue weighted by Crippen LogP contribution is 2.05. The summed E-state index contributed by atoms with van der Waals surface area (Å²) in [5, 5.41) is 5.75. The maximum absolute atomic E-state index is 13.3. The largest absolute Gasteiger partial charge is 0.459 e. The minimum absolute atomic E-state index is 0.227. The fraction of sp³-hybridized carbons (Fsp3) is 0.214. The minimum atomic E-state index is -0.252. The predicted octanol–water partition coefficient (Wildman–Crippen LogP) is 1.94. The van der Waals surface area contributed by atoms with Crippen LogP contribution in [0, 0.1) is 5.82 Å². The molecule has 5 heteroatoms. The van der Waals surface area contributed by atoms with E-state index in [0.717, 1.165) is 0 Å². The molecule has 0 saturated carbocycles. The number of nitrogens with one attached hydrogen (secondary N) is 2. The van der Waals surface area contributed by atoms with E-state index in [2.05, 4.69) is 10.6 Å². The van der Waals surface area contributed by atoms with Crippen molar-refractivity contribution < 1.29 is 13.6 Å². The summed E-state index contributed by atoms with van der Waals surface area (Å²) in [6, 6.07) is 9.86. The Hall–Kier alpha value is -2.14. The van der Waals surface area contributed by atoms with Crippen LogP contribution in [0.2, 0.25) is 0 Å². The van der Waals surface area contributed by atoms with Crippen molar-refractivity contribution in [3.05, 3.63) is 59.8 Å². The first kappa shape index (κ1) is 13.3. The van der Waals surface area contributed by atoms with E-state index in [1.165, 1.54) is 12.3 Å². The summed E-state index contributed by atoms with van der Waals surface area (Å²) in [6.45, 7) is 1.44. The summed E-state index contributed by atoms with van der Waals surface area (Å²) < 4.78 is 18.2. The smallest absolute Gasteiger partial charge is 0.287 e. The molecule has 2 rings (SSSR count). The lowest BCUT2D eigenvalue weighted by Crippen LogP contribution is -2.31. The van der Waals surface area contributed by atoms with Crippen molar-refractivity contribution in [1.82, 2.24) is 10.6 Å². The van der Waals surface area contributed by atoms with E-state index in [9.17, 15) is 9.18 Å². The Morgan fingerprint density at radius 1 is 1.16 bits per heavy atom. The van der Waals surface area contributed by atoms with E-state index in [-0.39, 0.29) is 17.5 Å². The van der Waals surface area contributed by atoms with E-state index in [4.69, 9.17) is 4.42 Å². The van der Waals surface area contributed by atoms with Crippen LogP contribution < -0.4 is 10.6 Å². The van der Waals surface area contributed by atoms with Crippen molar-refractivity contribution in [1.29, 1.82) is 0 Å². The number of carbonyl (C=O) groups excluding carboxylic acids is 1. The van der Waals surface area contributed by atoms with Crippen molar-refractivity contribution in [2.24, 2.45) is 0 Å². The van der Waals surface area contributed by atoms with Gasteiger partial charge in [0.2, 0.25) is 0 Å². The van der Waals surface area contributed by atoms with Crippen molar-refractivity contribution >= 4 is 5.91 Å². The number of benzene rings is 1. The van der Waals surface area contributed by atoms with Crippen LogP contribution >= 0.6 is 0 Å².